The Morgan fingerprint density at radius 1 is 0.952 bits per heavy atom. The zero-order valence-corrected chi connectivity index (χ0v) is 12.1. The van der Waals surface area contributed by atoms with Gasteiger partial charge in [0.2, 0.25) is 12.1 Å². The zero-order valence-electron chi connectivity index (χ0n) is 12.1. The molecule has 2 heterocycles. The standard InChI is InChI=1S/C18H20N2O/c1-3-8-14(9-4-1)18-20(15-10-5-2-6-11-15)16-12-7-13-19-17(16)21-18/h1,3-4,7-9,12-13,15,18H,2,5-6,10-11H2. The number of hydrogen-bond donors (Lipinski definition) is 0. The van der Waals surface area contributed by atoms with Crippen molar-refractivity contribution in [2.45, 2.75) is 44.4 Å². The molecular weight excluding hydrogens is 260 g/mol. The normalized spacial score (nSPS) is 21.9. The molecule has 0 N–H and O–H groups in total. The fourth-order valence-electron chi connectivity index (χ4n) is 3.55. The molecule has 0 bridgehead atoms. The molecule has 0 radical (unpaired) electrons. The summed E-state index contributed by atoms with van der Waals surface area (Å²) in [6, 6.07) is 15.2. The van der Waals surface area contributed by atoms with Crippen LogP contribution in [0.5, 0.6) is 5.88 Å². The van der Waals surface area contributed by atoms with Crippen molar-refractivity contribution in [2.75, 3.05) is 4.90 Å². The number of benzene rings is 1. The second kappa shape index (κ2) is 5.40. The molecule has 3 nitrogen and oxygen atoms in total. The number of anilines is 1. The minimum Gasteiger partial charge on any atom is -0.448 e. The van der Waals surface area contributed by atoms with Gasteiger partial charge in [0.25, 0.3) is 0 Å². The van der Waals surface area contributed by atoms with Crippen LogP contribution in [0, 0.1) is 0 Å². The van der Waals surface area contributed by atoms with Crippen LogP contribution in [0.15, 0.2) is 48.7 Å². The highest BCUT2D eigenvalue weighted by atomic mass is 16.5. The Kier molecular flexibility index (Phi) is 3.26. The van der Waals surface area contributed by atoms with Gasteiger partial charge in [-0.3, -0.25) is 0 Å². The van der Waals surface area contributed by atoms with E-state index in [4.69, 9.17) is 4.74 Å². The highest BCUT2D eigenvalue weighted by Crippen LogP contribution is 2.45. The minimum atomic E-state index is -0.0285. The van der Waals surface area contributed by atoms with Crippen LogP contribution >= 0.6 is 0 Å². The maximum absolute atomic E-state index is 6.17. The van der Waals surface area contributed by atoms with Gasteiger partial charge in [0.1, 0.15) is 5.69 Å². The molecule has 0 amide bonds. The van der Waals surface area contributed by atoms with Crippen LogP contribution in [0.3, 0.4) is 0 Å². The Bertz CT molecular complexity index is 608. The lowest BCUT2D eigenvalue weighted by molar-refractivity contribution is 0.201. The van der Waals surface area contributed by atoms with Crippen LogP contribution in [0.4, 0.5) is 5.69 Å². The summed E-state index contributed by atoms with van der Waals surface area (Å²) in [6.07, 6.45) is 8.28. The molecule has 2 aliphatic rings. The van der Waals surface area contributed by atoms with Crippen LogP contribution in [-0.4, -0.2) is 11.0 Å². The molecule has 1 aromatic carbocycles. The van der Waals surface area contributed by atoms with E-state index in [0.717, 1.165) is 11.6 Å². The summed E-state index contributed by atoms with van der Waals surface area (Å²) in [6.45, 7) is 0. The molecule has 1 fully saturated rings. The molecule has 1 aliphatic heterocycles. The van der Waals surface area contributed by atoms with Crippen LogP contribution in [0.25, 0.3) is 0 Å². The van der Waals surface area contributed by atoms with E-state index in [9.17, 15) is 0 Å². The summed E-state index contributed by atoms with van der Waals surface area (Å²) in [7, 11) is 0. The van der Waals surface area contributed by atoms with Crippen molar-refractivity contribution in [1.29, 1.82) is 0 Å². The monoisotopic (exact) mass is 280 g/mol. The van der Waals surface area contributed by atoms with Crippen LogP contribution < -0.4 is 9.64 Å². The molecule has 1 atom stereocenters. The second-order valence-corrected chi connectivity index (χ2v) is 5.91. The first-order chi connectivity index (χ1) is 10.4. The van der Waals surface area contributed by atoms with Gasteiger partial charge in [0.15, 0.2) is 0 Å². The first-order valence-corrected chi connectivity index (χ1v) is 7.88. The molecule has 1 aromatic heterocycles. The van der Waals surface area contributed by atoms with Crippen molar-refractivity contribution < 1.29 is 4.74 Å². The van der Waals surface area contributed by atoms with E-state index in [0.29, 0.717) is 6.04 Å². The minimum absolute atomic E-state index is 0.0285. The van der Waals surface area contributed by atoms with Gasteiger partial charge in [-0.15, -0.1) is 0 Å². The summed E-state index contributed by atoms with van der Waals surface area (Å²) >= 11 is 0. The van der Waals surface area contributed by atoms with Crippen molar-refractivity contribution in [3.8, 4) is 5.88 Å². The third kappa shape index (κ3) is 2.27. The maximum atomic E-state index is 6.17. The predicted molar refractivity (Wildman–Crippen MR) is 83.4 cm³/mol. The van der Waals surface area contributed by atoms with Crippen molar-refractivity contribution in [3.63, 3.8) is 0 Å². The summed E-state index contributed by atoms with van der Waals surface area (Å²) in [5, 5.41) is 0. The summed E-state index contributed by atoms with van der Waals surface area (Å²) < 4.78 is 6.17. The number of fused-ring (bicyclic) bond motifs is 1. The van der Waals surface area contributed by atoms with Gasteiger partial charge in [-0.05, 0) is 25.0 Å². The van der Waals surface area contributed by atoms with E-state index in [1.807, 2.05) is 12.3 Å². The molecular formula is C18H20N2O. The Morgan fingerprint density at radius 3 is 2.57 bits per heavy atom. The van der Waals surface area contributed by atoms with Crippen molar-refractivity contribution >= 4 is 5.69 Å². The van der Waals surface area contributed by atoms with Crippen molar-refractivity contribution in [2.24, 2.45) is 0 Å². The number of hydrogen-bond acceptors (Lipinski definition) is 3. The SMILES string of the molecule is c1ccc(C2Oc3ncccc3N2C2CCCCC2)cc1. The van der Waals surface area contributed by atoms with Gasteiger partial charge in [-0.25, -0.2) is 4.98 Å². The van der Waals surface area contributed by atoms with Crippen LogP contribution in [0.2, 0.25) is 0 Å². The number of rotatable bonds is 2. The average molecular weight is 280 g/mol. The Hall–Kier alpha value is -2.03. The molecule has 21 heavy (non-hydrogen) atoms. The predicted octanol–water partition coefficient (Wildman–Crippen LogP) is 4.31. The van der Waals surface area contributed by atoms with Gasteiger partial charge < -0.3 is 9.64 Å². The average Bonchev–Trinajstić information content (AvgIpc) is 2.96. The number of aromatic nitrogens is 1. The summed E-state index contributed by atoms with van der Waals surface area (Å²) in [4.78, 5) is 6.87. The quantitative estimate of drug-likeness (QED) is 0.819. The number of ether oxygens (including phenoxy) is 1. The van der Waals surface area contributed by atoms with Crippen LogP contribution in [-0.2, 0) is 0 Å². The van der Waals surface area contributed by atoms with E-state index in [1.54, 1.807) is 0 Å². The highest BCUT2D eigenvalue weighted by Gasteiger charge is 2.37. The van der Waals surface area contributed by atoms with Gasteiger partial charge in [-0.2, -0.15) is 0 Å². The molecule has 1 unspecified atom stereocenters. The third-order valence-electron chi connectivity index (χ3n) is 4.56. The molecule has 1 saturated carbocycles. The molecule has 1 aliphatic carbocycles. The van der Waals surface area contributed by atoms with E-state index < -0.39 is 0 Å². The smallest absolute Gasteiger partial charge is 0.239 e. The van der Waals surface area contributed by atoms with Gasteiger partial charge in [-0.1, -0.05) is 49.6 Å². The Labute approximate surface area is 125 Å². The molecule has 108 valence electrons. The lowest BCUT2D eigenvalue weighted by atomic mass is 9.93. The molecule has 0 spiro atoms. The lowest BCUT2D eigenvalue weighted by Gasteiger charge is -2.35. The first-order valence-electron chi connectivity index (χ1n) is 7.88. The first kappa shape index (κ1) is 12.7. The van der Waals surface area contributed by atoms with Gasteiger partial charge in [0, 0.05) is 17.8 Å². The lowest BCUT2D eigenvalue weighted by Crippen LogP contribution is -2.38. The van der Waals surface area contributed by atoms with Gasteiger partial charge in [0.05, 0.1) is 0 Å². The molecule has 0 saturated heterocycles. The zero-order chi connectivity index (χ0) is 14.1. The van der Waals surface area contributed by atoms with E-state index in [-0.39, 0.29) is 6.23 Å². The van der Waals surface area contributed by atoms with Gasteiger partial charge >= 0.3 is 0 Å². The van der Waals surface area contributed by atoms with Crippen molar-refractivity contribution in [3.05, 3.63) is 54.2 Å². The maximum Gasteiger partial charge on any atom is 0.239 e. The Morgan fingerprint density at radius 2 is 1.76 bits per heavy atom. The Balaban J connectivity index is 1.73. The summed E-state index contributed by atoms with van der Waals surface area (Å²) in [5.41, 5.74) is 2.36. The molecule has 4 rings (SSSR count). The molecule has 3 heteroatoms. The van der Waals surface area contributed by atoms with Crippen molar-refractivity contribution in [1.82, 2.24) is 4.98 Å². The van der Waals surface area contributed by atoms with Crippen LogP contribution in [0.1, 0.15) is 43.9 Å². The topological polar surface area (TPSA) is 25.4 Å². The fourth-order valence-corrected chi connectivity index (χ4v) is 3.55. The van der Waals surface area contributed by atoms with E-state index in [1.165, 1.54) is 37.7 Å². The number of nitrogens with zero attached hydrogens (tertiary/aromatic N) is 2. The van der Waals surface area contributed by atoms with E-state index in [2.05, 4.69) is 46.3 Å². The largest absolute Gasteiger partial charge is 0.448 e. The fraction of sp³-hybridized carbons (Fsp3) is 0.389. The second-order valence-electron chi connectivity index (χ2n) is 5.91. The highest BCUT2D eigenvalue weighted by molar-refractivity contribution is 5.60. The van der Waals surface area contributed by atoms with E-state index >= 15 is 0 Å². The third-order valence-corrected chi connectivity index (χ3v) is 4.56. The summed E-state index contributed by atoms with van der Waals surface area (Å²) in [5.74, 6) is 0.775. The number of pyridine rings is 1. The molecule has 2 aromatic rings.